The van der Waals surface area contributed by atoms with E-state index in [1.807, 2.05) is 57.2 Å². The number of imidazole rings is 1. The number of aliphatic hydroxyl groups is 1. The maximum Gasteiger partial charge on any atom is 0.248 e. The van der Waals surface area contributed by atoms with E-state index in [0.29, 0.717) is 11.3 Å². The summed E-state index contributed by atoms with van der Waals surface area (Å²) in [5.41, 5.74) is 9.01. The summed E-state index contributed by atoms with van der Waals surface area (Å²) in [6, 6.07) is 13.2. The maximum atomic E-state index is 11.6. The van der Waals surface area contributed by atoms with E-state index in [0.717, 1.165) is 22.3 Å². The summed E-state index contributed by atoms with van der Waals surface area (Å²) < 4.78 is 0. The average Bonchev–Trinajstić information content (AvgIpc) is 3.16. The molecule has 3 rings (SSSR count). The van der Waals surface area contributed by atoms with Gasteiger partial charge in [-0.15, -0.1) is 0 Å². The molecule has 1 unspecified atom stereocenters. The summed E-state index contributed by atoms with van der Waals surface area (Å²) >= 11 is 0. The van der Waals surface area contributed by atoms with Gasteiger partial charge in [0.1, 0.15) is 5.60 Å². The van der Waals surface area contributed by atoms with Crippen molar-refractivity contribution in [1.82, 2.24) is 9.97 Å². The van der Waals surface area contributed by atoms with E-state index in [2.05, 4.69) is 9.97 Å². The SMILES string of the molecule is Cc1c(C(N)=O)cccc1-c1ccc(C(O)(c2cnc[nH]2)C(C)C)cc1. The van der Waals surface area contributed by atoms with Gasteiger partial charge in [0.15, 0.2) is 0 Å². The van der Waals surface area contributed by atoms with Crippen LogP contribution in [0.2, 0.25) is 0 Å². The molecule has 0 spiro atoms. The van der Waals surface area contributed by atoms with Crippen LogP contribution in [0.1, 0.15) is 41.0 Å². The molecule has 0 saturated heterocycles. The van der Waals surface area contributed by atoms with Crippen LogP contribution in [0.3, 0.4) is 0 Å². The lowest BCUT2D eigenvalue weighted by molar-refractivity contribution is 0.0279. The van der Waals surface area contributed by atoms with Gasteiger partial charge in [-0.1, -0.05) is 50.2 Å². The van der Waals surface area contributed by atoms with E-state index in [1.54, 1.807) is 18.6 Å². The number of primary amides is 1. The van der Waals surface area contributed by atoms with Crippen LogP contribution in [0.25, 0.3) is 11.1 Å². The van der Waals surface area contributed by atoms with Gasteiger partial charge < -0.3 is 15.8 Å². The highest BCUT2D eigenvalue weighted by Gasteiger charge is 2.36. The molecule has 3 aromatic rings. The van der Waals surface area contributed by atoms with Crippen molar-refractivity contribution in [2.75, 3.05) is 0 Å². The number of hydrogen-bond donors (Lipinski definition) is 3. The van der Waals surface area contributed by atoms with Crippen LogP contribution < -0.4 is 5.73 Å². The van der Waals surface area contributed by atoms with Crippen molar-refractivity contribution in [3.63, 3.8) is 0 Å². The van der Waals surface area contributed by atoms with Gasteiger partial charge in [0.2, 0.25) is 5.91 Å². The Labute approximate surface area is 152 Å². The Morgan fingerprint density at radius 3 is 2.42 bits per heavy atom. The van der Waals surface area contributed by atoms with Crippen LogP contribution in [0, 0.1) is 12.8 Å². The molecule has 0 aliphatic carbocycles. The molecule has 5 heteroatoms. The number of aromatic amines is 1. The van der Waals surface area contributed by atoms with Crippen molar-refractivity contribution in [2.45, 2.75) is 26.4 Å². The molecular weight excluding hydrogens is 326 g/mol. The zero-order chi connectivity index (χ0) is 18.9. The summed E-state index contributed by atoms with van der Waals surface area (Å²) in [6.07, 6.45) is 3.21. The molecule has 134 valence electrons. The minimum absolute atomic E-state index is 0.0475. The van der Waals surface area contributed by atoms with E-state index in [-0.39, 0.29) is 5.92 Å². The average molecular weight is 349 g/mol. The molecule has 0 fully saturated rings. The van der Waals surface area contributed by atoms with Crippen LogP contribution in [0.4, 0.5) is 0 Å². The molecule has 0 aliphatic heterocycles. The van der Waals surface area contributed by atoms with E-state index in [1.165, 1.54) is 0 Å². The van der Waals surface area contributed by atoms with Crippen LogP contribution in [-0.2, 0) is 5.60 Å². The quantitative estimate of drug-likeness (QED) is 0.659. The number of rotatable bonds is 5. The molecule has 2 aromatic carbocycles. The van der Waals surface area contributed by atoms with Gasteiger partial charge in [-0.05, 0) is 41.2 Å². The number of amides is 1. The van der Waals surface area contributed by atoms with Gasteiger partial charge in [0.25, 0.3) is 0 Å². The number of benzene rings is 2. The van der Waals surface area contributed by atoms with Gasteiger partial charge in [0.05, 0.1) is 18.2 Å². The number of H-pyrrole nitrogens is 1. The highest BCUT2D eigenvalue weighted by molar-refractivity contribution is 5.96. The maximum absolute atomic E-state index is 11.6. The van der Waals surface area contributed by atoms with Gasteiger partial charge in [0, 0.05) is 5.56 Å². The second-order valence-electron chi connectivity index (χ2n) is 6.81. The fraction of sp³-hybridized carbons (Fsp3) is 0.238. The third kappa shape index (κ3) is 2.91. The lowest BCUT2D eigenvalue weighted by Crippen LogP contribution is -2.33. The first-order valence-corrected chi connectivity index (χ1v) is 8.57. The normalized spacial score (nSPS) is 13.6. The van der Waals surface area contributed by atoms with Crippen LogP contribution >= 0.6 is 0 Å². The summed E-state index contributed by atoms with van der Waals surface area (Å²) in [4.78, 5) is 18.6. The third-order valence-electron chi connectivity index (χ3n) is 4.98. The molecule has 1 amide bonds. The second kappa shape index (κ2) is 6.77. The molecule has 26 heavy (non-hydrogen) atoms. The minimum Gasteiger partial charge on any atom is -0.379 e. The highest BCUT2D eigenvalue weighted by Crippen LogP contribution is 2.36. The van der Waals surface area contributed by atoms with E-state index >= 15 is 0 Å². The lowest BCUT2D eigenvalue weighted by Gasteiger charge is -2.31. The zero-order valence-corrected chi connectivity index (χ0v) is 15.2. The van der Waals surface area contributed by atoms with Crippen molar-refractivity contribution < 1.29 is 9.90 Å². The van der Waals surface area contributed by atoms with Crippen LogP contribution in [-0.4, -0.2) is 21.0 Å². The van der Waals surface area contributed by atoms with Gasteiger partial charge >= 0.3 is 0 Å². The first-order valence-electron chi connectivity index (χ1n) is 8.57. The number of nitrogens with two attached hydrogens (primary N) is 1. The van der Waals surface area contributed by atoms with Crippen molar-refractivity contribution in [2.24, 2.45) is 11.7 Å². The van der Waals surface area contributed by atoms with E-state index in [9.17, 15) is 9.90 Å². The largest absolute Gasteiger partial charge is 0.379 e. The lowest BCUT2D eigenvalue weighted by atomic mass is 9.80. The molecular formula is C21H23N3O2. The van der Waals surface area contributed by atoms with Crippen molar-refractivity contribution in [3.05, 3.63) is 77.4 Å². The molecule has 5 nitrogen and oxygen atoms in total. The molecule has 1 heterocycles. The Bertz CT molecular complexity index is 915. The molecule has 0 saturated carbocycles. The Kier molecular flexibility index (Phi) is 4.66. The summed E-state index contributed by atoms with van der Waals surface area (Å²) in [7, 11) is 0. The Hall–Kier alpha value is -2.92. The summed E-state index contributed by atoms with van der Waals surface area (Å²) in [5, 5.41) is 11.3. The Morgan fingerprint density at radius 1 is 1.19 bits per heavy atom. The standard InChI is InChI=1S/C21H23N3O2/c1-13(2)21(26,19-11-23-12-24-19)16-9-7-15(8-10-16)17-5-4-6-18(14(17)3)20(22)25/h4-13,26H,1-3H3,(H2,22,25)(H,23,24). The number of nitrogens with zero attached hydrogens (tertiary/aromatic N) is 1. The number of carbonyl (C=O) groups excluding carboxylic acids is 1. The van der Waals surface area contributed by atoms with Crippen LogP contribution in [0.15, 0.2) is 55.0 Å². The molecule has 0 bridgehead atoms. The molecule has 1 atom stereocenters. The van der Waals surface area contributed by atoms with Crippen LogP contribution in [0.5, 0.6) is 0 Å². The van der Waals surface area contributed by atoms with Gasteiger partial charge in [-0.3, -0.25) is 4.79 Å². The first kappa shape index (κ1) is 17.9. The third-order valence-corrected chi connectivity index (χ3v) is 4.98. The minimum atomic E-state index is -1.15. The smallest absolute Gasteiger partial charge is 0.248 e. The monoisotopic (exact) mass is 349 g/mol. The predicted molar refractivity (Wildman–Crippen MR) is 102 cm³/mol. The van der Waals surface area contributed by atoms with Gasteiger partial charge in [-0.25, -0.2) is 4.98 Å². The number of nitrogens with one attached hydrogen (secondary N) is 1. The fourth-order valence-corrected chi connectivity index (χ4v) is 3.38. The Morgan fingerprint density at radius 2 is 1.88 bits per heavy atom. The Balaban J connectivity index is 2.04. The van der Waals surface area contributed by atoms with Crippen molar-refractivity contribution in [1.29, 1.82) is 0 Å². The summed E-state index contributed by atoms with van der Waals surface area (Å²) in [5.74, 6) is -0.483. The zero-order valence-electron chi connectivity index (χ0n) is 15.2. The van der Waals surface area contributed by atoms with E-state index in [4.69, 9.17) is 5.73 Å². The van der Waals surface area contributed by atoms with Crippen molar-refractivity contribution in [3.8, 4) is 11.1 Å². The number of aromatic nitrogens is 2. The number of hydrogen-bond acceptors (Lipinski definition) is 3. The molecule has 4 N–H and O–H groups in total. The van der Waals surface area contributed by atoms with Crippen molar-refractivity contribution >= 4 is 5.91 Å². The predicted octanol–water partition coefficient (Wildman–Crippen LogP) is 3.38. The number of carbonyl (C=O) groups is 1. The molecule has 0 aliphatic rings. The fourth-order valence-electron chi connectivity index (χ4n) is 3.38. The molecule has 0 radical (unpaired) electrons. The second-order valence-corrected chi connectivity index (χ2v) is 6.81. The van der Waals surface area contributed by atoms with E-state index < -0.39 is 11.5 Å². The topological polar surface area (TPSA) is 92.0 Å². The molecule has 1 aromatic heterocycles. The highest BCUT2D eigenvalue weighted by atomic mass is 16.3. The van der Waals surface area contributed by atoms with Gasteiger partial charge in [-0.2, -0.15) is 0 Å². The summed E-state index contributed by atoms with van der Waals surface area (Å²) in [6.45, 7) is 5.82. The first-order chi connectivity index (χ1) is 12.4.